The summed E-state index contributed by atoms with van der Waals surface area (Å²) in [4.78, 5) is 4.13. The molecular formula is C9H12N2O. The number of rotatable bonds is 2. The molecule has 0 radical (unpaired) electrons. The molecule has 2 N–H and O–H groups in total. The molecule has 0 unspecified atom stereocenters. The summed E-state index contributed by atoms with van der Waals surface area (Å²) in [6.07, 6.45) is 3.34. The normalized spacial score (nSPS) is 27.8. The highest BCUT2D eigenvalue weighted by atomic mass is 16.3. The van der Waals surface area contributed by atoms with Crippen LogP contribution in [0.25, 0.3) is 0 Å². The summed E-state index contributed by atoms with van der Waals surface area (Å²) in [5.74, 6) is 0.898. The van der Waals surface area contributed by atoms with Crippen molar-refractivity contribution in [2.75, 3.05) is 5.32 Å². The average molecular weight is 164 g/mol. The minimum absolute atomic E-state index is 0.105. The third-order valence-corrected chi connectivity index (χ3v) is 2.13. The van der Waals surface area contributed by atoms with E-state index in [0.717, 1.165) is 18.7 Å². The van der Waals surface area contributed by atoms with Crippen molar-refractivity contribution in [1.29, 1.82) is 0 Å². The Balaban J connectivity index is 1.88. The van der Waals surface area contributed by atoms with Crippen LogP contribution in [0.5, 0.6) is 0 Å². The molecule has 0 saturated heterocycles. The Morgan fingerprint density at radius 2 is 2.25 bits per heavy atom. The van der Waals surface area contributed by atoms with Gasteiger partial charge in [-0.3, -0.25) is 0 Å². The predicted octanol–water partition coefficient (Wildman–Crippen LogP) is 1.02. The number of aliphatic hydroxyl groups is 1. The number of anilines is 1. The van der Waals surface area contributed by atoms with Crippen LogP contribution in [0, 0.1) is 0 Å². The van der Waals surface area contributed by atoms with Crippen LogP contribution in [-0.4, -0.2) is 22.2 Å². The molecule has 1 heterocycles. The molecule has 1 saturated carbocycles. The number of aromatic nitrogens is 1. The van der Waals surface area contributed by atoms with E-state index in [1.54, 1.807) is 6.20 Å². The minimum atomic E-state index is -0.105. The van der Waals surface area contributed by atoms with E-state index < -0.39 is 0 Å². The van der Waals surface area contributed by atoms with Crippen LogP contribution in [0.3, 0.4) is 0 Å². The van der Waals surface area contributed by atoms with Crippen LogP contribution in [0.2, 0.25) is 0 Å². The lowest BCUT2D eigenvalue weighted by atomic mass is 9.89. The number of nitrogens with one attached hydrogen (secondary N) is 1. The molecule has 1 aliphatic rings. The van der Waals surface area contributed by atoms with Crippen LogP contribution >= 0.6 is 0 Å². The van der Waals surface area contributed by atoms with Crippen LogP contribution in [0.15, 0.2) is 24.4 Å². The zero-order valence-corrected chi connectivity index (χ0v) is 6.77. The van der Waals surface area contributed by atoms with Crippen LogP contribution in [0.1, 0.15) is 12.8 Å². The largest absolute Gasteiger partial charge is 0.393 e. The first-order valence-electron chi connectivity index (χ1n) is 4.20. The second-order valence-electron chi connectivity index (χ2n) is 3.18. The average Bonchev–Trinajstić information content (AvgIpc) is 2.04. The van der Waals surface area contributed by atoms with E-state index in [0.29, 0.717) is 6.04 Å². The van der Waals surface area contributed by atoms with Crippen LogP contribution in [0.4, 0.5) is 5.82 Å². The highest BCUT2D eigenvalue weighted by Gasteiger charge is 2.26. The van der Waals surface area contributed by atoms with Gasteiger partial charge in [-0.25, -0.2) is 4.98 Å². The lowest BCUT2D eigenvalue weighted by Gasteiger charge is -2.32. The van der Waals surface area contributed by atoms with E-state index >= 15 is 0 Å². The molecule has 64 valence electrons. The number of hydrogen-bond acceptors (Lipinski definition) is 3. The van der Waals surface area contributed by atoms with Gasteiger partial charge in [0, 0.05) is 12.2 Å². The molecule has 1 aliphatic carbocycles. The standard InChI is InChI=1S/C9H12N2O/c12-8-5-7(6-8)11-9-3-1-2-4-10-9/h1-4,7-8,12H,5-6H2,(H,10,11). The Kier molecular flexibility index (Phi) is 1.96. The molecule has 3 nitrogen and oxygen atoms in total. The lowest BCUT2D eigenvalue weighted by molar-refractivity contribution is 0.0835. The van der Waals surface area contributed by atoms with E-state index in [-0.39, 0.29) is 6.10 Å². The SMILES string of the molecule is OC1CC(Nc2ccccn2)C1. The van der Waals surface area contributed by atoms with Crippen molar-refractivity contribution in [2.24, 2.45) is 0 Å². The Morgan fingerprint density at radius 1 is 1.42 bits per heavy atom. The maximum absolute atomic E-state index is 9.04. The number of pyridine rings is 1. The van der Waals surface area contributed by atoms with Gasteiger partial charge in [0.05, 0.1) is 6.10 Å². The second kappa shape index (κ2) is 3.11. The Hall–Kier alpha value is -1.09. The van der Waals surface area contributed by atoms with Crippen LogP contribution < -0.4 is 5.32 Å². The summed E-state index contributed by atoms with van der Waals surface area (Å²) in [5.41, 5.74) is 0. The van der Waals surface area contributed by atoms with Gasteiger partial charge in [-0.1, -0.05) is 6.07 Å². The van der Waals surface area contributed by atoms with E-state index in [4.69, 9.17) is 5.11 Å². The zero-order valence-electron chi connectivity index (χ0n) is 6.77. The van der Waals surface area contributed by atoms with E-state index in [2.05, 4.69) is 10.3 Å². The van der Waals surface area contributed by atoms with Gasteiger partial charge in [-0.15, -0.1) is 0 Å². The third kappa shape index (κ3) is 1.56. The fourth-order valence-electron chi connectivity index (χ4n) is 1.36. The number of hydrogen-bond donors (Lipinski definition) is 2. The highest BCUT2D eigenvalue weighted by Crippen LogP contribution is 2.22. The molecule has 0 aliphatic heterocycles. The van der Waals surface area contributed by atoms with Gasteiger partial charge >= 0.3 is 0 Å². The predicted molar refractivity (Wildman–Crippen MR) is 46.9 cm³/mol. The second-order valence-corrected chi connectivity index (χ2v) is 3.18. The summed E-state index contributed by atoms with van der Waals surface area (Å²) in [7, 11) is 0. The molecule has 12 heavy (non-hydrogen) atoms. The maximum atomic E-state index is 9.04. The smallest absolute Gasteiger partial charge is 0.126 e. The lowest BCUT2D eigenvalue weighted by Crippen LogP contribution is -2.39. The van der Waals surface area contributed by atoms with Gasteiger partial charge in [-0.05, 0) is 25.0 Å². The van der Waals surface area contributed by atoms with E-state index in [1.807, 2.05) is 18.2 Å². The molecule has 0 spiro atoms. The Bertz CT molecular complexity index is 244. The summed E-state index contributed by atoms with van der Waals surface area (Å²) < 4.78 is 0. The summed E-state index contributed by atoms with van der Waals surface area (Å²) >= 11 is 0. The highest BCUT2D eigenvalue weighted by molar-refractivity contribution is 5.35. The molecule has 1 fully saturated rings. The fraction of sp³-hybridized carbons (Fsp3) is 0.444. The topological polar surface area (TPSA) is 45.1 Å². The maximum Gasteiger partial charge on any atom is 0.126 e. The third-order valence-electron chi connectivity index (χ3n) is 2.13. The molecule has 2 rings (SSSR count). The molecular weight excluding hydrogens is 152 g/mol. The molecule has 0 atom stereocenters. The van der Waals surface area contributed by atoms with Gasteiger partial charge in [-0.2, -0.15) is 0 Å². The Labute approximate surface area is 71.4 Å². The van der Waals surface area contributed by atoms with Gasteiger partial charge < -0.3 is 10.4 Å². The Morgan fingerprint density at radius 3 is 2.83 bits per heavy atom. The summed E-state index contributed by atoms with van der Waals surface area (Å²) in [6.45, 7) is 0. The number of aliphatic hydroxyl groups excluding tert-OH is 1. The summed E-state index contributed by atoms with van der Waals surface area (Å²) in [6, 6.07) is 6.19. The van der Waals surface area contributed by atoms with Crippen molar-refractivity contribution in [3.8, 4) is 0 Å². The molecule has 1 aromatic rings. The molecule has 0 aromatic carbocycles. The molecule has 1 aromatic heterocycles. The van der Waals surface area contributed by atoms with Crippen molar-refractivity contribution in [1.82, 2.24) is 4.98 Å². The van der Waals surface area contributed by atoms with E-state index in [9.17, 15) is 0 Å². The molecule has 0 bridgehead atoms. The molecule has 3 heteroatoms. The quantitative estimate of drug-likeness (QED) is 0.685. The summed E-state index contributed by atoms with van der Waals surface area (Å²) in [5, 5.41) is 12.3. The van der Waals surface area contributed by atoms with E-state index in [1.165, 1.54) is 0 Å². The minimum Gasteiger partial charge on any atom is -0.393 e. The van der Waals surface area contributed by atoms with Gasteiger partial charge in [0.2, 0.25) is 0 Å². The first-order chi connectivity index (χ1) is 5.84. The van der Waals surface area contributed by atoms with Gasteiger partial charge in [0.1, 0.15) is 5.82 Å². The van der Waals surface area contributed by atoms with Crippen LogP contribution in [-0.2, 0) is 0 Å². The molecule has 0 amide bonds. The van der Waals surface area contributed by atoms with Crippen molar-refractivity contribution < 1.29 is 5.11 Å². The number of nitrogens with zero attached hydrogens (tertiary/aromatic N) is 1. The van der Waals surface area contributed by atoms with Gasteiger partial charge in [0.15, 0.2) is 0 Å². The zero-order chi connectivity index (χ0) is 8.39. The van der Waals surface area contributed by atoms with Crippen molar-refractivity contribution in [3.63, 3.8) is 0 Å². The van der Waals surface area contributed by atoms with Crippen molar-refractivity contribution in [3.05, 3.63) is 24.4 Å². The monoisotopic (exact) mass is 164 g/mol. The first kappa shape index (κ1) is 7.55. The van der Waals surface area contributed by atoms with Crippen molar-refractivity contribution >= 4 is 5.82 Å². The fourth-order valence-corrected chi connectivity index (χ4v) is 1.36. The van der Waals surface area contributed by atoms with Gasteiger partial charge in [0.25, 0.3) is 0 Å². The van der Waals surface area contributed by atoms with Crippen molar-refractivity contribution in [2.45, 2.75) is 25.0 Å². The first-order valence-corrected chi connectivity index (χ1v) is 4.20.